The summed E-state index contributed by atoms with van der Waals surface area (Å²) in [4.78, 5) is 23.5. The minimum absolute atomic E-state index is 0.0475. The van der Waals surface area contributed by atoms with E-state index in [1.54, 1.807) is 18.2 Å². The van der Waals surface area contributed by atoms with Crippen molar-refractivity contribution in [2.45, 2.75) is 26.6 Å². The molecule has 0 fully saturated rings. The highest BCUT2D eigenvalue weighted by molar-refractivity contribution is 6.33. The maximum atomic E-state index is 15.3. The van der Waals surface area contributed by atoms with Gasteiger partial charge in [-0.3, -0.25) is 4.79 Å². The number of hydrogen-bond acceptors (Lipinski definition) is 6. The molecule has 0 amide bonds. The van der Waals surface area contributed by atoms with Gasteiger partial charge in [-0.25, -0.2) is 14.4 Å². The van der Waals surface area contributed by atoms with Gasteiger partial charge in [0.05, 0.1) is 28.6 Å². The van der Waals surface area contributed by atoms with Crippen molar-refractivity contribution in [3.8, 4) is 28.7 Å². The summed E-state index contributed by atoms with van der Waals surface area (Å²) in [6, 6.07) is 8.91. The van der Waals surface area contributed by atoms with Crippen molar-refractivity contribution in [3.05, 3.63) is 63.2 Å². The SMILES string of the molecule is CC(C)CNCc1ccc(Cl)c(-c2nc(-c3cccc(OCCOCC(F)(F)F)n3)cc(=O)[nH]2)c1F. The number of nitrogens with one attached hydrogen (secondary N) is 2. The molecular weight excluding hydrogens is 504 g/mol. The molecule has 0 saturated carbocycles. The average Bonchev–Trinajstić information content (AvgIpc) is 2.79. The number of H-pyrrole nitrogens is 1. The van der Waals surface area contributed by atoms with Gasteiger partial charge in [-0.15, -0.1) is 0 Å². The Morgan fingerprint density at radius 3 is 2.61 bits per heavy atom. The van der Waals surface area contributed by atoms with E-state index in [1.165, 1.54) is 18.2 Å². The van der Waals surface area contributed by atoms with Crippen molar-refractivity contribution in [2.75, 3.05) is 26.4 Å². The Balaban J connectivity index is 1.82. The molecule has 0 saturated heterocycles. The lowest BCUT2D eigenvalue weighted by Crippen LogP contribution is -2.20. The lowest BCUT2D eigenvalue weighted by Gasteiger charge is -2.13. The standard InChI is InChI=1S/C24H25ClF4N4O3/c1-14(2)11-30-12-15-6-7-16(25)21(22(15)26)23-32-18(10-19(34)33-23)17-4-3-5-20(31-17)36-9-8-35-13-24(27,28)29/h3-7,10,14,30H,8-9,11-13H2,1-2H3,(H,32,33,34). The van der Waals surface area contributed by atoms with E-state index in [-0.39, 0.29) is 53.4 Å². The molecule has 36 heavy (non-hydrogen) atoms. The van der Waals surface area contributed by atoms with Gasteiger partial charge in [0.2, 0.25) is 5.88 Å². The van der Waals surface area contributed by atoms with Gasteiger partial charge in [0.25, 0.3) is 5.56 Å². The van der Waals surface area contributed by atoms with E-state index in [2.05, 4.69) is 25.0 Å². The molecule has 1 aromatic carbocycles. The predicted molar refractivity (Wildman–Crippen MR) is 127 cm³/mol. The normalized spacial score (nSPS) is 11.8. The number of pyridine rings is 1. The van der Waals surface area contributed by atoms with Crippen LogP contribution in [0.3, 0.4) is 0 Å². The molecule has 0 atom stereocenters. The van der Waals surface area contributed by atoms with Gasteiger partial charge in [0.15, 0.2) is 0 Å². The topological polar surface area (TPSA) is 89.1 Å². The Labute approximate surface area is 209 Å². The van der Waals surface area contributed by atoms with Gasteiger partial charge in [-0.1, -0.05) is 37.6 Å². The summed E-state index contributed by atoms with van der Waals surface area (Å²) < 4.78 is 61.6. The molecule has 0 radical (unpaired) electrons. The summed E-state index contributed by atoms with van der Waals surface area (Å²) in [6.07, 6.45) is -4.42. The van der Waals surface area contributed by atoms with Crippen LogP contribution in [-0.4, -0.2) is 47.5 Å². The molecule has 2 N–H and O–H groups in total. The smallest absolute Gasteiger partial charge is 0.411 e. The second kappa shape index (κ2) is 12.3. The van der Waals surface area contributed by atoms with Crippen molar-refractivity contribution in [3.63, 3.8) is 0 Å². The average molecular weight is 529 g/mol. The minimum atomic E-state index is -4.42. The van der Waals surface area contributed by atoms with E-state index in [9.17, 15) is 18.0 Å². The molecule has 0 spiro atoms. The highest BCUT2D eigenvalue weighted by atomic mass is 35.5. The fourth-order valence-electron chi connectivity index (χ4n) is 3.18. The van der Waals surface area contributed by atoms with Gasteiger partial charge in [0, 0.05) is 24.2 Å². The Morgan fingerprint density at radius 2 is 1.89 bits per heavy atom. The zero-order chi connectivity index (χ0) is 26.3. The fourth-order valence-corrected chi connectivity index (χ4v) is 3.42. The first-order chi connectivity index (χ1) is 17.0. The summed E-state index contributed by atoms with van der Waals surface area (Å²) in [5.74, 6) is -0.203. The van der Waals surface area contributed by atoms with Crippen LogP contribution in [0, 0.1) is 11.7 Å². The highest BCUT2D eigenvalue weighted by Gasteiger charge is 2.27. The van der Waals surface area contributed by atoms with Gasteiger partial charge in [-0.2, -0.15) is 13.2 Å². The van der Waals surface area contributed by atoms with Gasteiger partial charge < -0.3 is 19.8 Å². The molecule has 0 aliphatic rings. The Kier molecular flexibility index (Phi) is 9.41. The molecule has 0 aliphatic heterocycles. The number of nitrogens with zero attached hydrogens (tertiary/aromatic N) is 2. The van der Waals surface area contributed by atoms with Crippen LogP contribution in [0.4, 0.5) is 17.6 Å². The monoisotopic (exact) mass is 528 g/mol. The molecule has 2 heterocycles. The van der Waals surface area contributed by atoms with Crippen molar-refractivity contribution in [1.82, 2.24) is 20.3 Å². The van der Waals surface area contributed by atoms with E-state index in [0.717, 1.165) is 0 Å². The van der Waals surface area contributed by atoms with Gasteiger partial charge in [-0.05, 0) is 24.6 Å². The molecule has 3 rings (SSSR count). The molecule has 0 bridgehead atoms. The minimum Gasteiger partial charge on any atom is -0.475 e. The highest BCUT2D eigenvalue weighted by Crippen LogP contribution is 2.31. The lowest BCUT2D eigenvalue weighted by atomic mass is 10.1. The zero-order valence-corrected chi connectivity index (χ0v) is 20.3. The number of hydrogen-bond donors (Lipinski definition) is 2. The number of alkyl halides is 3. The van der Waals surface area contributed by atoms with Crippen LogP contribution >= 0.6 is 11.6 Å². The van der Waals surface area contributed by atoms with Crippen LogP contribution in [-0.2, 0) is 11.3 Å². The first-order valence-corrected chi connectivity index (χ1v) is 11.5. The van der Waals surface area contributed by atoms with Crippen LogP contribution < -0.4 is 15.6 Å². The maximum Gasteiger partial charge on any atom is 0.411 e. The van der Waals surface area contributed by atoms with Crippen LogP contribution in [0.2, 0.25) is 5.02 Å². The predicted octanol–water partition coefficient (Wildman–Crippen LogP) is 4.99. The first kappa shape index (κ1) is 27.6. The van der Waals surface area contributed by atoms with Crippen molar-refractivity contribution < 1.29 is 27.0 Å². The molecule has 0 aliphatic carbocycles. The summed E-state index contributed by atoms with van der Waals surface area (Å²) in [7, 11) is 0. The van der Waals surface area contributed by atoms with E-state index >= 15 is 4.39 Å². The molecule has 3 aromatic rings. The summed E-state index contributed by atoms with van der Waals surface area (Å²) in [5, 5.41) is 3.24. The zero-order valence-electron chi connectivity index (χ0n) is 19.6. The van der Waals surface area contributed by atoms with Crippen LogP contribution in [0.15, 0.2) is 41.2 Å². The third kappa shape index (κ3) is 8.00. The summed E-state index contributed by atoms with van der Waals surface area (Å²) in [5.41, 5.74) is 0.134. The Morgan fingerprint density at radius 1 is 1.11 bits per heavy atom. The maximum absolute atomic E-state index is 15.3. The largest absolute Gasteiger partial charge is 0.475 e. The molecule has 7 nitrogen and oxygen atoms in total. The third-order valence-corrected chi connectivity index (χ3v) is 5.06. The van der Waals surface area contributed by atoms with Crippen molar-refractivity contribution >= 4 is 11.6 Å². The number of aromatic nitrogens is 3. The number of benzene rings is 1. The molecule has 12 heteroatoms. The van der Waals surface area contributed by atoms with Crippen LogP contribution in [0.1, 0.15) is 19.4 Å². The summed E-state index contributed by atoms with van der Waals surface area (Å²) in [6.45, 7) is 3.20. The molecule has 2 aromatic heterocycles. The number of rotatable bonds is 11. The second-order valence-electron chi connectivity index (χ2n) is 8.28. The van der Waals surface area contributed by atoms with Crippen LogP contribution in [0.25, 0.3) is 22.8 Å². The van der Waals surface area contributed by atoms with Gasteiger partial charge in [0.1, 0.15) is 24.9 Å². The van der Waals surface area contributed by atoms with E-state index < -0.39 is 24.2 Å². The van der Waals surface area contributed by atoms with Crippen molar-refractivity contribution in [2.24, 2.45) is 5.92 Å². The second-order valence-corrected chi connectivity index (χ2v) is 8.68. The number of aromatic amines is 1. The Hall–Kier alpha value is -3.02. The Bertz CT molecular complexity index is 1230. The molecule has 0 unspecified atom stereocenters. The number of halogens is 5. The lowest BCUT2D eigenvalue weighted by molar-refractivity contribution is -0.175. The molecule has 194 valence electrons. The van der Waals surface area contributed by atoms with Crippen LogP contribution in [0.5, 0.6) is 5.88 Å². The summed E-state index contributed by atoms with van der Waals surface area (Å²) >= 11 is 6.27. The van der Waals surface area contributed by atoms with E-state index in [1.807, 2.05) is 13.8 Å². The van der Waals surface area contributed by atoms with E-state index in [4.69, 9.17) is 16.3 Å². The fraction of sp³-hybridized carbons (Fsp3) is 0.375. The molecular formula is C24H25ClF4N4O3. The number of ether oxygens (including phenoxy) is 2. The third-order valence-electron chi connectivity index (χ3n) is 4.75. The van der Waals surface area contributed by atoms with Crippen molar-refractivity contribution in [1.29, 1.82) is 0 Å². The quantitative estimate of drug-likeness (QED) is 0.269. The van der Waals surface area contributed by atoms with Gasteiger partial charge >= 0.3 is 6.18 Å². The van der Waals surface area contributed by atoms with E-state index in [0.29, 0.717) is 18.0 Å². The first-order valence-electron chi connectivity index (χ1n) is 11.1.